The number of carbonyl (C=O) groups excluding carboxylic acids is 6. The molecule has 0 heterocycles. The lowest BCUT2D eigenvalue weighted by molar-refractivity contribution is -0.163. The summed E-state index contributed by atoms with van der Waals surface area (Å²) in [4.78, 5) is 77.4. The second kappa shape index (κ2) is 22.7. The number of fused-ring (bicyclic) bond motifs is 3. The van der Waals surface area contributed by atoms with E-state index in [1.165, 1.54) is 0 Å². The Morgan fingerprint density at radius 2 is 1.09 bits per heavy atom. The molecule has 1 aliphatic rings. The molecule has 0 saturated carbocycles. The predicted molar refractivity (Wildman–Crippen MR) is 239 cm³/mol. The van der Waals surface area contributed by atoms with Gasteiger partial charge in [-0.05, 0) is 52.8 Å². The number of rotatable bonds is 21. The van der Waals surface area contributed by atoms with Gasteiger partial charge < -0.3 is 40.8 Å². The lowest BCUT2D eigenvalue weighted by atomic mass is 9.94. The van der Waals surface area contributed by atoms with Gasteiger partial charge in [-0.25, -0.2) is 4.79 Å². The molecule has 14 heteroatoms. The number of carbonyl (C=O) groups is 6. The van der Waals surface area contributed by atoms with Crippen molar-refractivity contribution in [2.24, 2.45) is 5.41 Å². The third-order valence-corrected chi connectivity index (χ3v) is 10.6. The summed E-state index contributed by atoms with van der Waals surface area (Å²) < 4.78 is 17.1. The summed E-state index contributed by atoms with van der Waals surface area (Å²) in [5.74, 6) is -3.13. The molecule has 0 aromatic heterocycles. The van der Waals surface area contributed by atoms with Crippen molar-refractivity contribution in [3.8, 4) is 11.1 Å². The van der Waals surface area contributed by atoms with Crippen LogP contribution >= 0.6 is 0 Å². The Morgan fingerprint density at radius 3 is 1.72 bits per heavy atom. The Labute approximate surface area is 372 Å². The van der Waals surface area contributed by atoms with Gasteiger partial charge in [0.25, 0.3) is 0 Å². The number of hydrogen-bond donors (Lipinski definition) is 5. The largest absolute Gasteiger partial charge is 0.457 e. The van der Waals surface area contributed by atoms with Crippen molar-refractivity contribution < 1.29 is 43.0 Å². The molecule has 14 nitrogen and oxygen atoms in total. The van der Waals surface area contributed by atoms with Crippen LogP contribution in [0.1, 0.15) is 53.7 Å². The molecular weight excluding hydrogens is 815 g/mol. The van der Waals surface area contributed by atoms with Crippen LogP contribution in [-0.2, 0) is 51.0 Å². The van der Waals surface area contributed by atoms with Gasteiger partial charge in [0, 0.05) is 18.8 Å². The van der Waals surface area contributed by atoms with E-state index in [0.717, 1.165) is 38.9 Å². The summed E-state index contributed by atoms with van der Waals surface area (Å²) in [5, 5.41) is 12.6. The van der Waals surface area contributed by atoms with Crippen LogP contribution in [-0.4, -0.2) is 81.3 Å². The quantitative estimate of drug-likeness (QED) is 0.0379. The van der Waals surface area contributed by atoms with Crippen molar-refractivity contribution in [2.75, 3.05) is 39.6 Å². The molecule has 0 fully saturated rings. The number of alkyl carbamates (subject to hydrolysis) is 1. The zero-order chi connectivity index (χ0) is 45.3. The fourth-order valence-corrected chi connectivity index (χ4v) is 7.21. The van der Waals surface area contributed by atoms with Gasteiger partial charge in [0.05, 0.1) is 25.1 Å². The number of ether oxygens (including phenoxy) is 3. The maximum atomic E-state index is 13.4. The molecule has 5 aromatic carbocycles. The van der Waals surface area contributed by atoms with Gasteiger partial charge in [0.2, 0.25) is 23.6 Å². The number of amides is 5. The van der Waals surface area contributed by atoms with E-state index in [-0.39, 0.29) is 32.3 Å². The zero-order valence-corrected chi connectivity index (χ0v) is 35.8. The fraction of sp³-hybridized carbons (Fsp3) is 0.280. The molecular formula is C50H53N5O9. The Kier molecular flexibility index (Phi) is 16.4. The Balaban J connectivity index is 0.906. The van der Waals surface area contributed by atoms with E-state index in [0.29, 0.717) is 6.42 Å². The predicted octanol–water partition coefficient (Wildman–Crippen LogP) is 5.13. The third-order valence-electron chi connectivity index (χ3n) is 10.6. The van der Waals surface area contributed by atoms with Gasteiger partial charge in [-0.2, -0.15) is 0 Å². The third kappa shape index (κ3) is 13.3. The van der Waals surface area contributed by atoms with E-state index < -0.39 is 72.9 Å². The highest BCUT2D eigenvalue weighted by Gasteiger charge is 2.33. The Morgan fingerprint density at radius 1 is 0.578 bits per heavy atom. The molecule has 2 atom stereocenters. The molecule has 0 radical (unpaired) electrons. The standard InChI is InChI=1S/C50H53N5O9/c1-50(2,48(60)64-43(36-20-10-5-11-21-36)27-35-18-8-4-9-19-35)32-62-33-54-45(57)28-52-47(59)42(26-34-16-6-3-7-17-34)55-46(58)30-51-44(56)29-53-49(61)63-31-41-39-24-14-12-22-37(39)38-23-13-15-25-40(38)41/h3-25,41-43H,26-33H2,1-2H3,(H,51,56)(H,52,59)(H,53,61)(H,54,57)(H,55,58)/t42?,43-/m0/s1. The van der Waals surface area contributed by atoms with E-state index in [4.69, 9.17) is 14.2 Å². The maximum absolute atomic E-state index is 13.4. The minimum absolute atomic E-state index is 0.0570. The molecule has 64 heavy (non-hydrogen) atoms. The smallest absolute Gasteiger partial charge is 0.407 e. The summed E-state index contributed by atoms with van der Waals surface area (Å²) in [6, 6.07) is 43.0. The van der Waals surface area contributed by atoms with Crippen LogP contribution in [0.15, 0.2) is 140 Å². The van der Waals surface area contributed by atoms with Crippen molar-refractivity contribution in [3.63, 3.8) is 0 Å². The van der Waals surface area contributed by atoms with Crippen LogP contribution in [0, 0.1) is 5.41 Å². The van der Waals surface area contributed by atoms with E-state index in [9.17, 15) is 28.8 Å². The first-order chi connectivity index (χ1) is 31.0. The Bertz CT molecular complexity index is 2330. The summed E-state index contributed by atoms with van der Waals surface area (Å²) in [6.07, 6.45) is -0.707. The van der Waals surface area contributed by atoms with Gasteiger partial charge in [-0.1, -0.05) is 140 Å². The molecule has 1 unspecified atom stereocenters. The van der Waals surface area contributed by atoms with Gasteiger partial charge >= 0.3 is 12.1 Å². The minimum Gasteiger partial charge on any atom is -0.457 e. The monoisotopic (exact) mass is 867 g/mol. The van der Waals surface area contributed by atoms with Crippen LogP contribution in [0.5, 0.6) is 0 Å². The summed E-state index contributed by atoms with van der Waals surface area (Å²) >= 11 is 0. The molecule has 0 saturated heterocycles. The van der Waals surface area contributed by atoms with E-state index in [1.807, 2.05) is 115 Å². The van der Waals surface area contributed by atoms with Crippen molar-refractivity contribution in [3.05, 3.63) is 167 Å². The van der Waals surface area contributed by atoms with E-state index >= 15 is 0 Å². The summed E-state index contributed by atoms with van der Waals surface area (Å²) in [5.41, 5.74) is 5.86. The number of benzene rings is 5. The second-order valence-corrected chi connectivity index (χ2v) is 16.0. The van der Waals surface area contributed by atoms with Gasteiger partial charge in [-0.3, -0.25) is 24.0 Å². The highest BCUT2D eigenvalue weighted by molar-refractivity contribution is 5.92. The van der Waals surface area contributed by atoms with Crippen LogP contribution in [0.25, 0.3) is 11.1 Å². The number of esters is 1. The molecule has 6 rings (SSSR count). The highest BCUT2D eigenvalue weighted by atomic mass is 16.6. The zero-order valence-electron chi connectivity index (χ0n) is 35.8. The van der Waals surface area contributed by atoms with Crippen molar-refractivity contribution >= 4 is 35.7 Å². The Hall–Kier alpha value is -7.32. The normalized spacial score (nSPS) is 12.7. The lowest BCUT2D eigenvalue weighted by Crippen LogP contribution is -2.52. The van der Waals surface area contributed by atoms with Crippen LogP contribution in [0.2, 0.25) is 0 Å². The molecule has 5 N–H and O–H groups in total. The number of nitrogens with one attached hydrogen (secondary N) is 5. The average Bonchev–Trinajstić information content (AvgIpc) is 3.63. The van der Waals surface area contributed by atoms with Gasteiger partial charge in [0.15, 0.2) is 0 Å². The first-order valence-corrected chi connectivity index (χ1v) is 21.1. The van der Waals surface area contributed by atoms with Crippen LogP contribution in [0.4, 0.5) is 4.79 Å². The van der Waals surface area contributed by atoms with Crippen molar-refractivity contribution in [2.45, 2.75) is 44.8 Å². The minimum atomic E-state index is -1.09. The first kappa shape index (κ1) is 46.2. The summed E-state index contributed by atoms with van der Waals surface area (Å²) in [6.45, 7) is 1.82. The summed E-state index contributed by atoms with van der Waals surface area (Å²) in [7, 11) is 0. The van der Waals surface area contributed by atoms with Gasteiger partial charge in [0.1, 0.15) is 32.0 Å². The molecule has 0 aliphatic heterocycles. The van der Waals surface area contributed by atoms with Crippen LogP contribution < -0.4 is 26.6 Å². The highest BCUT2D eigenvalue weighted by Crippen LogP contribution is 2.44. The molecule has 1 aliphatic carbocycles. The van der Waals surface area contributed by atoms with Gasteiger partial charge in [-0.15, -0.1) is 0 Å². The second-order valence-electron chi connectivity index (χ2n) is 16.0. The van der Waals surface area contributed by atoms with E-state index in [1.54, 1.807) is 38.1 Å². The van der Waals surface area contributed by atoms with Crippen LogP contribution in [0.3, 0.4) is 0 Å². The lowest BCUT2D eigenvalue weighted by Gasteiger charge is -2.27. The number of hydrogen-bond acceptors (Lipinski definition) is 9. The fourth-order valence-electron chi connectivity index (χ4n) is 7.21. The maximum Gasteiger partial charge on any atom is 0.407 e. The average molecular weight is 868 g/mol. The molecule has 5 amide bonds. The first-order valence-electron chi connectivity index (χ1n) is 21.1. The molecule has 0 bridgehead atoms. The van der Waals surface area contributed by atoms with Crippen molar-refractivity contribution in [1.82, 2.24) is 26.6 Å². The molecule has 0 spiro atoms. The topological polar surface area (TPSA) is 190 Å². The SMILES string of the molecule is CC(C)(COCNC(=O)CNC(=O)C(Cc1ccccc1)NC(=O)CNC(=O)CNC(=O)OCC1c2ccccc2-c2ccccc21)C(=O)O[C@@H](Cc1ccccc1)c1ccccc1. The van der Waals surface area contributed by atoms with Crippen molar-refractivity contribution in [1.29, 1.82) is 0 Å². The van der Waals surface area contributed by atoms with E-state index in [2.05, 4.69) is 26.6 Å². The molecule has 332 valence electrons. The molecule has 5 aromatic rings.